The van der Waals surface area contributed by atoms with Gasteiger partial charge in [0.25, 0.3) is 0 Å². The lowest BCUT2D eigenvalue weighted by molar-refractivity contribution is -0.137. The fourth-order valence-electron chi connectivity index (χ4n) is 3.64. The monoisotopic (exact) mass is 370 g/mol. The van der Waals surface area contributed by atoms with Gasteiger partial charge in [-0.1, -0.05) is 48.5 Å². The van der Waals surface area contributed by atoms with Gasteiger partial charge in [-0.2, -0.15) is 13.2 Å². The maximum Gasteiger partial charge on any atom is 0.416 e. The van der Waals surface area contributed by atoms with Gasteiger partial charge in [0.2, 0.25) is 0 Å². The average molecular weight is 370 g/mol. The molecule has 0 amide bonds. The molecule has 4 rings (SSSR count). The average Bonchev–Trinajstić information content (AvgIpc) is 3.00. The van der Waals surface area contributed by atoms with Gasteiger partial charge in [-0.3, -0.25) is 0 Å². The van der Waals surface area contributed by atoms with Gasteiger partial charge in [-0.15, -0.1) is 0 Å². The molecule has 0 saturated carbocycles. The molecule has 0 bridgehead atoms. The Morgan fingerprint density at radius 1 is 0.889 bits per heavy atom. The van der Waals surface area contributed by atoms with Crippen LogP contribution in [0.3, 0.4) is 0 Å². The lowest BCUT2D eigenvalue weighted by Crippen LogP contribution is -2.04. The van der Waals surface area contributed by atoms with E-state index in [0.717, 1.165) is 23.3 Å². The predicted molar refractivity (Wildman–Crippen MR) is 95.8 cm³/mol. The summed E-state index contributed by atoms with van der Waals surface area (Å²) >= 11 is 0. The van der Waals surface area contributed by atoms with Gasteiger partial charge in [0.05, 0.1) is 11.7 Å². The van der Waals surface area contributed by atoms with E-state index in [2.05, 4.69) is 0 Å². The van der Waals surface area contributed by atoms with Crippen molar-refractivity contribution in [2.45, 2.75) is 24.6 Å². The van der Waals surface area contributed by atoms with Crippen LogP contribution >= 0.6 is 0 Å². The van der Waals surface area contributed by atoms with Crippen molar-refractivity contribution >= 4 is 0 Å². The van der Waals surface area contributed by atoms with Crippen LogP contribution in [0, 0.1) is 0 Å². The highest BCUT2D eigenvalue weighted by Crippen LogP contribution is 2.48. The zero-order valence-electron chi connectivity index (χ0n) is 14.3. The zero-order valence-corrected chi connectivity index (χ0v) is 14.3. The predicted octanol–water partition coefficient (Wildman–Crippen LogP) is 6.07. The molecule has 2 nitrogen and oxygen atoms in total. The summed E-state index contributed by atoms with van der Waals surface area (Å²) < 4.78 is 44.5. The summed E-state index contributed by atoms with van der Waals surface area (Å²) in [4.78, 5) is 0. The Kier molecular flexibility index (Phi) is 4.40. The van der Waals surface area contributed by atoms with Crippen molar-refractivity contribution in [3.8, 4) is 11.5 Å². The van der Waals surface area contributed by atoms with E-state index >= 15 is 0 Å². The van der Waals surface area contributed by atoms with E-state index in [1.807, 2.05) is 36.4 Å². The fraction of sp³-hybridized carbons (Fsp3) is 0.182. The minimum atomic E-state index is -4.43. The van der Waals surface area contributed by atoms with Gasteiger partial charge in [0.15, 0.2) is 0 Å². The molecule has 2 atom stereocenters. The summed E-state index contributed by atoms with van der Waals surface area (Å²) in [6.07, 6.45) is -4.65. The summed E-state index contributed by atoms with van der Waals surface area (Å²) in [5.41, 5.74) is 1.91. The molecule has 138 valence electrons. The first kappa shape index (κ1) is 17.6. The molecule has 27 heavy (non-hydrogen) atoms. The highest BCUT2D eigenvalue weighted by molar-refractivity contribution is 5.52. The Hall–Kier alpha value is -2.79. The fourth-order valence-corrected chi connectivity index (χ4v) is 3.64. The molecule has 0 saturated heterocycles. The minimum absolute atomic E-state index is 0.0289. The molecule has 0 aliphatic heterocycles. The lowest BCUT2D eigenvalue weighted by Gasteiger charge is -2.15. The number of rotatable bonds is 3. The van der Waals surface area contributed by atoms with Crippen LogP contribution in [-0.4, -0.2) is 5.11 Å². The third-order valence-electron chi connectivity index (χ3n) is 4.86. The molecule has 0 spiro atoms. The van der Waals surface area contributed by atoms with E-state index < -0.39 is 17.8 Å². The van der Waals surface area contributed by atoms with Crippen LogP contribution in [0.1, 0.15) is 40.7 Å². The molecule has 0 heterocycles. The second-order valence-electron chi connectivity index (χ2n) is 6.60. The molecule has 3 aromatic carbocycles. The quantitative estimate of drug-likeness (QED) is 0.607. The molecule has 5 heteroatoms. The normalized spacial score (nSPS) is 19.0. The highest BCUT2D eigenvalue weighted by atomic mass is 19.4. The second kappa shape index (κ2) is 6.74. The second-order valence-corrected chi connectivity index (χ2v) is 6.60. The van der Waals surface area contributed by atoms with Crippen LogP contribution in [-0.2, 0) is 6.18 Å². The molecule has 0 radical (unpaired) electrons. The van der Waals surface area contributed by atoms with E-state index in [-0.39, 0.29) is 11.7 Å². The molecule has 1 N–H and O–H groups in total. The van der Waals surface area contributed by atoms with Gasteiger partial charge >= 0.3 is 6.18 Å². The smallest absolute Gasteiger partial charge is 0.416 e. The molecule has 0 fully saturated rings. The van der Waals surface area contributed by atoms with Crippen LogP contribution in [0.25, 0.3) is 0 Å². The van der Waals surface area contributed by atoms with Crippen LogP contribution in [0.4, 0.5) is 13.2 Å². The van der Waals surface area contributed by atoms with Gasteiger partial charge < -0.3 is 9.84 Å². The van der Waals surface area contributed by atoms with Crippen LogP contribution in [0.5, 0.6) is 11.5 Å². The van der Waals surface area contributed by atoms with Gasteiger partial charge in [0.1, 0.15) is 11.5 Å². The maximum atomic E-state index is 12.9. The van der Waals surface area contributed by atoms with E-state index in [1.165, 1.54) is 12.1 Å². The number of fused-ring (bicyclic) bond motifs is 1. The molecular formula is C22H17F3O2. The Bertz CT molecular complexity index is 951. The van der Waals surface area contributed by atoms with E-state index in [0.29, 0.717) is 17.7 Å². The third-order valence-corrected chi connectivity index (χ3v) is 4.86. The topological polar surface area (TPSA) is 29.5 Å². The number of hydrogen-bond donors (Lipinski definition) is 1. The number of alkyl halides is 3. The van der Waals surface area contributed by atoms with Crippen molar-refractivity contribution in [1.29, 1.82) is 0 Å². The largest absolute Gasteiger partial charge is 0.457 e. The number of ether oxygens (including phenoxy) is 1. The van der Waals surface area contributed by atoms with Crippen molar-refractivity contribution in [1.82, 2.24) is 0 Å². The Morgan fingerprint density at radius 3 is 2.37 bits per heavy atom. The Morgan fingerprint density at radius 2 is 1.63 bits per heavy atom. The van der Waals surface area contributed by atoms with Crippen LogP contribution < -0.4 is 4.74 Å². The maximum absolute atomic E-state index is 12.9. The summed E-state index contributed by atoms with van der Waals surface area (Å²) in [7, 11) is 0. The summed E-state index contributed by atoms with van der Waals surface area (Å²) in [5.74, 6) is 0.507. The summed E-state index contributed by atoms with van der Waals surface area (Å²) in [6.45, 7) is 0. The van der Waals surface area contributed by atoms with E-state index in [4.69, 9.17) is 4.74 Å². The standard InChI is InChI=1S/C22H17F3O2/c23-22(24,25)15-8-4-9-16(12-15)27-20-11-5-10-17-18(13-19(26)21(17)20)14-6-2-1-3-7-14/h1-12,18-19,26H,13H2/t18-,19+/m0/s1. The number of benzene rings is 3. The molecule has 0 unspecified atom stereocenters. The van der Waals surface area contributed by atoms with Gasteiger partial charge in [-0.05, 0) is 41.8 Å². The molecule has 3 aromatic rings. The molecule has 0 aromatic heterocycles. The number of hydrogen-bond acceptors (Lipinski definition) is 2. The van der Waals surface area contributed by atoms with Crippen LogP contribution in [0.15, 0.2) is 72.8 Å². The highest BCUT2D eigenvalue weighted by Gasteiger charge is 2.34. The van der Waals surface area contributed by atoms with Crippen molar-refractivity contribution in [3.05, 3.63) is 95.1 Å². The first-order chi connectivity index (χ1) is 12.9. The van der Waals surface area contributed by atoms with Crippen molar-refractivity contribution in [3.63, 3.8) is 0 Å². The first-order valence-electron chi connectivity index (χ1n) is 8.64. The van der Waals surface area contributed by atoms with Gasteiger partial charge in [-0.25, -0.2) is 0 Å². The number of aliphatic hydroxyl groups is 1. The van der Waals surface area contributed by atoms with Crippen LogP contribution in [0.2, 0.25) is 0 Å². The van der Waals surface area contributed by atoms with E-state index in [1.54, 1.807) is 12.1 Å². The minimum Gasteiger partial charge on any atom is -0.457 e. The lowest BCUT2D eigenvalue weighted by atomic mass is 9.93. The third kappa shape index (κ3) is 3.43. The Balaban J connectivity index is 1.70. The van der Waals surface area contributed by atoms with E-state index in [9.17, 15) is 18.3 Å². The Labute approximate surface area is 154 Å². The first-order valence-corrected chi connectivity index (χ1v) is 8.64. The van der Waals surface area contributed by atoms with Crippen molar-refractivity contribution in [2.24, 2.45) is 0 Å². The van der Waals surface area contributed by atoms with Gasteiger partial charge in [0, 0.05) is 11.5 Å². The zero-order chi connectivity index (χ0) is 19.0. The molecule has 1 aliphatic carbocycles. The van der Waals surface area contributed by atoms with Crippen molar-refractivity contribution < 1.29 is 23.0 Å². The summed E-state index contributed by atoms with van der Waals surface area (Å²) in [6, 6.07) is 20.0. The SMILES string of the molecule is O[C@@H]1C[C@@H](c2ccccc2)c2cccc(Oc3cccc(C(F)(F)F)c3)c21. The molecular weight excluding hydrogens is 353 g/mol. The summed E-state index contributed by atoms with van der Waals surface area (Å²) in [5, 5.41) is 10.6. The van der Waals surface area contributed by atoms with Crippen molar-refractivity contribution in [2.75, 3.05) is 0 Å². The molecule has 1 aliphatic rings. The number of halogens is 3. The number of aliphatic hydroxyl groups excluding tert-OH is 1.